The summed E-state index contributed by atoms with van der Waals surface area (Å²) in [4.78, 5) is 0. The number of hydrogen-bond donors (Lipinski definition) is 2. The highest BCUT2D eigenvalue weighted by Gasteiger charge is 2.43. The van der Waals surface area contributed by atoms with E-state index in [9.17, 15) is 0 Å². The molecule has 0 radical (unpaired) electrons. The van der Waals surface area contributed by atoms with Gasteiger partial charge in [0, 0.05) is 18.3 Å². The number of thiol groups is 2. The Morgan fingerprint density at radius 1 is 1.18 bits per heavy atom. The Balaban J connectivity index is 1.88. The highest BCUT2D eigenvalue weighted by molar-refractivity contribution is 7.81. The molecule has 1 heterocycles. The van der Waals surface area contributed by atoms with Crippen LogP contribution >= 0.6 is 25.4 Å². The lowest BCUT2D eigenvalue weighted by Gasteiger charge is -2.50. The van der Waals surface area contributed by atoms with Crippen LogP contribution in [0.4, 0.5) is 0 Å². The second-order valence-corrected chi connectivity index (χ2v) is 5.31. The van der Waals surface area contributed by atoms with Gasteiger partial charge < -0.3 is 0 Å². The van der Waals surface area contributed by atoms with Crippen molar-refractivity contribution < 1.29 is 0 Å². The van der Waals surface area contributed by atoms with Crippen LogP contribution in [0.1, 0.15) is 25.7 Å². The van der Waals surface area contributed by atoms with E-state index in [1.54, 1.807) is 0 Å². The smallest absolute Gasteiger partial charge is 0.00923 e. The van der Waals surface area contributed by atoms with E-state index in [1.165, 1.54) is 38.8 Å². The molecule has 2 aliphatic rings. The van der Waals surface area contributed by atoms with Gasteiger partial charge in [-0.2, -0.15) is 12.6 Å². The Morgan fingerprint density at radius 2 is 1.73 bits per heavy atom. The van der Waals surface area contributed by atoms with Crippen LogP contribution in [0.15, 0.2) is 0 Å². The van der Waals surface area contributed by atoms with Gasteiger partial charge >= 0.3 is 0 Å². The Morgan fingerprint density at radius 3 is 2.18 bits per heavy atom. The summed E-state index contributed by atoms with van der Waals surface area (Å²) in [5, 5.41) is 0.696. The molecule has 1 saturated heterocycles. The molecule has 0 amide bonds. The summed E-state index contributed by atoms with van der Waals surface area (Å²) in [6.07, 6.45) is 5.37. The van der Waals surface area contributed by atoms with Crippen molar-refractivity contribution in [3.8, 4) is 0 Å². The minimum absolute atomic E-state index is 0.686. The quantitative estimate of drug-likeness (QED) is 0.551. The zero-order valence-electron chi connectivity index (χ0n) is 6.66. The molecule has 0 bridgehead atoms. The largest absolute Gasteiger partial charge is 0.253 e. The van der Waals surface area contributed by atoms with Crippen LogP contribution in [0, 0.1) is 5.41 Å². The maximum absolute atomic E-state index is 4.46. The standard InChI is InChI=1S/C8H15NS2/c10-7-5-8(6-7)1-3-9(11)4-2-8/h7,10-11H,1-6H2. The molecule has 1 saturated carbocycles. The van der Waals surface area contributed by atoms with Crippen molar-refractivity contribution in [2.24, 2.45) is 5.41 Å². The van der Waals surface area contributed by atoms with E-state index < -0.39 is 0 Å². The molecule has 1 aliphatic heterocycles. The third kappa shape index (κ3) is 1.56. The first-order chi connectivity index (χ1) is 5.20. The Hall–Kier alpha value is 0.660. The second kappa shape index (κ2) is 2.86. The van der Waals surface area contributed by atoms with Crippen LogP contribution < -0.4 is 0 Å². The molecule has 3 heteroatoms. The molecule has 2 fully saturated rings. The summed E-state index contributed by atoms with van der Waals surface area (Å²) in [6.45, 7) is 2.34. The Labute approximate surface area is 79.5 Å². The third-order valence-electron chi connectivity index (χ3n) is 3.14. The molecule has 2 rings (SSSR count). The van der Waals surface area contributed by atoms with Gasteiger partial charge in [0.25, 0.3) is 0 Å². The first-order valence-electron chi connectivity index (χ1n) is 4.32. The summed E-state index contributed by atoms with van der Waals surface area (Å²) in [7, 11) is 0. The molecule has 1 spiro atoms. The van der Waals surface area contributed by atoms with E-state index in [1.807, 2.05) is 0 Å². The van der Waals surface area contributed by atoms with Crippen LogP contribution in [0.2, 0.25) is 0 Å². The van der Waals surface area contributed by atoms with E-state index in [0.717, 1.165) is 0 Å². The fourth-order valence-electron chi connectivity index (χ4n) is 2.32. The van der Waals surface area contributed by atoms with Crippen molar-refractivity contribution >= 4 is 25.4 Å². The summed E-state index contributed by atoms with van der Waals surface area (Å²) < 4.78 is 2.14. The lowest BCUT2D eigenvalue weighted by Crippen LogP contribution is -2.45. The fraction of sp³-hybridized carbons (Fsp3) is 1.00. The first-order valence-corrected chi connectivity index (χ1v) is 5.24. The van der Waals surface area contributed by atoms with E-state index in [2.05, 4.69) is 29.7 Å². The lowest BCUT2D eigenvalue weighted by molar-refractivity contribution is 0.0718. The molecule has 1 nitrogen and oxygen atoms in total. The molecule has 0 aromatic heterocycles. The minimum Gasteiger partial charge on any atom is -0.253 e. The predicted octanol–water partition coefficient (Wildman–Crippen LogP) is 2.01. The van der Waals surface area contributed by atoms with Gasteiger partial charge in [-0.3, -0.25) is 4.31 Å². The normalized spacial score (nSPS) is 32.2. The average molecular weight is 189 g/mol. The van der Waals surface area contributed by atoms with Crippen molar-refractivity contribution in [3.63, 3.8) is 0 Å². The molecule has 0 unspecified atom stereocenters. The van der Waals surface area contributed by atoms with E-state index >= 15 is 0 Å². The molecule has 1 aliphatic carbocycles. The lowest BCUT2D eigenvalue weighted by atomic mass is 9.63. The summed E-state index contributed by atoms with van der Waals surface area (Å²) in [5.41, 5.74) is 0.686. The summed E-state index contributed by atoms with van der Waals surface area (Å²) in [5.74, 6) is 0. The third-order valence-corrected chi connectivity index (χ3v) is 3.90. The maximum Gasteiger partial charge on any atom is 0.00923 e. The fourth-order valence-corrected chi connectivity index (χ4v) is 3.29. The molecule has 11 heavy (non-hydrogen) atoms. The van der Waals surface area contributed by atoms with Crippen molar-refractivity contribution in [2.45, 2.75) is 30.9 Å². The van der Waals surface area contributed by atoms with Crippen molar-refractivity contribution in [1.82, 2.24) is 4.31 Å². The zero-order chi connectivity index (χ0) is 7.90. The SMILES string of the molecule is SC1CC2(CCN(S)CC2)C1. The Kier molecular flexibility index (Phi) is 2.15. The molecular formula is C8H15NS2. The Bertz CT molecular complexity index is 144. The highest BCUT2D eigenvalue weighted by atomic mass is 32.1. The van der Waals surface area contributed by atoms with Gasteiger partial charge in [-0.1, -0.05) is 12.8 Å². The molecule has 0 aromatic carbocycles. The molecule has 64 valence electrons. The summed E-state index contributed by atoms with van der Waals surface area (Å²) >= 11 is 8.80. The van der Waals surface area contributed by atoms with Crippen LogP contribution in [0.5, 0.6) is 0 Å². The van der Waals surface area contributed by atoms with Gasteiger partial charge in [-0.15, -0.1) is 0 Å². The molecule has 0 N–H and O–H groups in total. The molecule has 0 atom stereocenters. The van der Waals surface area contributed by atoms with Gasteiger partial charge in [0.15, 0.2) is 0 Å². The van der Waals surface area contributed by atoms with Crippen molar-refractivity contribution in [2.75, 3.05) is 13.1 Å². The molecule has 0 aromatic rings. The maximum atomic E-state index is 4.46. The van der Waals surface area contributed by atoms with Crippen molar-refractivity contribution in [3.05, 3.63) is 0 Å². The van der Waals surface area contributed by atoms with Gasteiger partial charge in [0.2, 0.25) is 0 Å². The van der Waals surface area contributed by atoms with Gasteiger partial charge in [-0.25, -0.2) is 0 Å². The zero-order valence-corrected chi connectivity index (χ0v) is 8.45. The number of hydrogen-bond acceptors (Lipinski definition) is 3. The van der Waals surface area contributed by atoms with E-state index in [4.69, 9.17) is 0 Å². The minimum atomic E-state index is 0.686. The van der Waals surface area contributed by atoms with Gasteiger partial charge in [0.05, 0.1) is 0 Å². The monoisotopic (exact) mass is 189 g/mol. The average Bonchev–Trinajstić information content (AvgIpc) is 1.92. The highest BCUT2D eigenvalue weighted by Crippen LogP contribution is 2.51. The van der Waals surface area contributed by atoms with Crippen LogP contribution in [-0.2, 0) is 0 Å². The van der Waals surface area contributed by atoms with Gasteiger partial charge in [-0.05, 0) is 31.1 Å². The van der Waals surface area contributed by atoms with Crippen LogP contribution in [0.25, 0.3) is 0 Å². The molecular weight excluding hydrogens is 174 g/mol. The van der Waals surface area contributed by atoms with E-state index in [-0.39, 0.29) is 0 Å². The van der Waals surface area contributed by atoms with E-state index in [0.29, 0.717) is 10.7 Å². The summed E-state index contributed by atoms with van der Waals surface area (Å²) in [6, 6.07) is 0. The second-order valence-electron chi connectivity index (χ2n) is 4.02. The van der Waals surface area contributed by atoms with Crippen LogP contribution in [0.3, 0.4) is 0 Å². The topological polar surface area (TPSA) is 3.24 Å². The number of nitrogens with zero attached hydrogens (tertiary/aromatic N) is 1. The number of rotatable bonds is 0. The van der Waals surface area contributed by atoms with Gasteiger partial charge in [0.1, 0.15) is 0 Å². The number of piperidine rings is 1. The van der Waals surface area contributed by atoms with Crippen LogP contribution in [-0.4, -0.2) is 22.6 Å². The predicted molar refractivity (Wildman–Crippen MR) is 54.2 cm³/mol. The van der Waals surface area contributed by atoms with Crippen molar-refractivity contribution in [1.29, 1.82) is 0 Å². The first kappa shape index (κ1) is 8.27.